The Labute approximate surface area is 145 Å². The summed E-state index contributed by atoms with van der Waals surface area (Å²) in [5.41, 5.74) is 5.72. The van der Waals surface area contributed by atoms with Gasteiger partial charge in [0.05, 0.1) is 16.6 Å². The minimum atomic E-state index is -0.631. The third-order valence-electron chi connectivity index (χ3n) is 3.36. The van der Waals surface area contributed by atoms with E-state index >= 15 is 0 Å². The van der Waals surface area contributed by atoms with E-state index in [1.807, 2.05) is 6.07 Å². The SMILES string of the molecule is O=C(NNC(=O)c1ccnc2ccccc12)c1cc(F)ccc1Br. The van der Waals surface area contributed by atoms with Crippen LogP contribution < -0.4 is 10.9 Å². The van der Waals surface area contributed by atoms with Gasteiger partial charge in [0, 0.05) is 16.1 Å². The fourth-order valence-electron chi connectivity index (χ4n) is 2.21. The summed E-state index contributed by atoms with van der Waals surface area (Å²) in [5.74, 6) is -1.67. The molecule has 0 atom stereocenters. The summed E-state index contributed by atoms with van der Waals surface area (Å²) in [6.45, 7) is 0. The van der Waals surface area contributed by atoms with E-state index in [2.05, 4.69) is 31.8 Å². The summed E-state index contributed by atoms with van der Waals surface area (Å²) in [6.07, 6.45) is 1.52. The number of para-hydroxylation sites is 1. The van der Waals surface area contributed by atoms with E-state index < -0.39 is 17.6 Å². The number of amides is 2. The normalized spacial score (nSPS) is 10.4. The van der Waals surface area contributed by atoms with Crippen molar-refractivity contribution in [3.63, 3.8) is 0 Å². The Kier molecular flexibility index (Phi) is 4.52. The zero-order valence-electron chi connectivity index (χ0n) is 12.2. The zero-order valence-corrected chi connectivity index (χ0v) is 13.8. The number of fused-ring (bicyclic) bond motifs is 1. The van der Waals surface area contributed by atoms with E-state index in [-0.39, 0.29) is 5.56 Å². The van der Waals surface area contributed by atoms with E-state index in [1.165, 1.54) is 18.3 Å². The second-order valence-electron chi connectivity index (χ2n) is 4.91. The first-order valence-corrected chi connectivity index (χ1v) is 7.75. The van der Waals surface area contributed by atoms with Gasteiger partial charge >= 0.3 is 0 Å². The van der Waals surface area contributed by atoms with Crippen molar-refractivity contribution in [1.29, 1.82) is 0 Å². The van der Waals surface area contributed by atoms with Gasteiger partial charge in [-0.3, -0.25) is 25.4 Å². The molecule has 0 aliphatic heterocycles. The predicted octanol–water partition coefficient (Wildman–Crippen LogP) is 3.21. The molecule has 1 aromatic heterocycles. The van der Waals surface area contributed by atoms with Crippen molar-refractivity contribution in [3.8, 4) is 0 Å². The van der Waals surface area contributed by atoms with Gasteiger partial charge in [-0.25, -0.2) is 4.39 Å². The molecule has 2 aromatic carbocycles. The van der Waals surface area contributed by atoms with Gasteiger partial charge in [-0.1, -0.05) is 18.2 Å². The highest BCUT2D eigenvalue weighted by molar-refractivity contribution is 9.10. The molecule has 0 spiro atoms. The highest BCUT2D eigenvalue weighted by atomic mass is 79.9. The molecule has 24 heavy (non-hydrogen) atoms. The van der Waals surface area contributed by atoms with Crippen LogP contribution in [0.15, 0.2) is 59.2 Å². The Balaban J connectivity index is 1.78. The highest BCUT2D eigenvalue weighted by Gasteiger charge is 2.14. The molecule has 0 bridgehead atoms. The monoisotopic (exact) mass is 387 g/mol. The third-order valence-corrected chi connectivity index (χ3v) is 4.05. The van der Waals surface area contributed by atoms with Crippen LogP contribution in [-0.4, -0.2) is 16.8 Å². The molecule has 120 valence electrons. The Bertz CT molecular complexity index is 941. The molecule has 0 fully saturated rings. The second-order valence-corrected chi connectivity index (χ2v) is 5.76. The van der Waals surface area contributed by atoms with Crippen molar-refractivity contribution in [1.82, 2.24) is 15.8 Å². The molecule has 0 saturated heterocycles. The minimum Gasteiger partial charge on any atom is -0.267 e. The summed E-state index contributed by atoms with van der Waals surface area (Å²) >= 11 is 3.17. The van der Waals surface area contributed by atoms with Crippen molar-refractivity contribution in [2.75, 3.05) is 0 Å². The molecule has 1 heterocycles. The van der Waals surface area contributed by atoms with Crippen molar-refractivity contribution in [2.24, 2.45) is 0 Å². The maximum atomic E-state index is 13.3. The van der Waals surface area contributed by atoms with Crippen molar-refractivity contribution >= 4 is 38.6 Å². The van der Waals surface area contributed by atoms with Crippen molar-refractivity contribution < 1.29 is 14.0 Å². The standard InChI is InChI=1S/C17H11BrFN3O2/c18-14-6-5-10(19)9-13(14)17(24)22-21-16(23)12-7-8-20-15-4-2-1-3-11(12)15/h1-9H,(H,21,23)(H,22,24). The Morgan fingerprint density at radius 3 is 2.46 bits per heavy atom. The lowest BCUT2D eigenvalue weighted by molar-refractivity contribution is 0.0847. The summed E-state index contributed by atoms with van der Waals surface area (Å²) in [6, 6.07) is 12.4. The quantitative estimate of drug-likeness (QED) is 0.663. The number of hydrogen-bond acceptors (Lipinski definition) is 3. The van der Waals surface area contributed by atoms with Gasteiger partial charge in [0.2, 0.25) is 0 Å². The molecule has 7 heteroatoms. The number of hydrazine groups is 1. The van der Waals surface area contributed by atoms with Gasteiger partial charge in [-0.2, -0.15) is 0 Å². The van der Waals surface area contributed by atoms with Crippen LogP contribution in [0.2, 0.25) is 0 Å². The molecule has 3 aromatic rings. The largest absolute Gasteiger partial charge is 0.270 e. The van der Waals surface area contributed by atoms with Gasteiger partial charge in [-0.05, 0) is 46.3 Å². The molecule has 0 radical (unpaired) electrons. The molecule has 2 N–H and O–H groups in total. The van der Waals surface area contributed by atoms with Crippen LogP contribution in [0.1, 0.15) is 20.7 Å². The first kappa shape index (κ1) is 16.1. The lowest BCUT2D eigenvalue weighted by Crippen LogP contribution is -2.41. The Hall–Kier alpha value is -2.80. The number of pyridine rings is 1. The molecule has 0 unspecified atom stereocenters. The predicted molar refractivity (Wildman–Crippen MR) is 90.8 cm³/mol. The summed E-state index contributed by atoms with van der Waals surface area (Å²) < 4.78 is 13.7. The number of carbonyl (C=O) groups is 2. The van der Waals surface area contributed by atoms with Crippen LogP contribution in [0.25, 0.3) is 10.9 Å². The lowest BCUT2D eigenvalue weighted by atomic mass is 10.1. The molecule has 3 rings (SSSR count). The van der Waals surface area contributed by atoms with E-state index in [0.717, 1.165) is 6.07 Å². The average molecular weight is 388 g/mol. The summed E-state index contributed by atoms with van der Waals surface area (Å²) in [5, 5.41) is 0.665. The van der Waals surface area contributed by atoms with E-state index in [9.17, 15) is 14.0 Å². The number of nitrogens with one attached hydrogen (secondary N) is 2. The van der Waals surface area contributed by atoms with E-state index in [0.29, 0.717) is 20.9 Å². The fraction of sp³-hybridized carbons (Fsp3) is 0. The van der Waals surface area contributed by atoms with E-state index in [4.69, 9.17) is 0 Å². The number of aromatic nitrogens is 1. The minimum absolute atomic E-state index is 0.0786. The van der Waals surface area contributed by atoms with Gasteiger partial charge < -0.3 is 0 Å². The first-order valence-electron chi connectivity index (χ1n) is 6.96. The van der Waals surface area contributed by atoms with Gasteiger partial charge in [0.25, 0.3) is 11.8 Å². The molecule has 0 aliphatic carbocycles. The molecular weight excluding hydrogens is 377 g/mol. The van der Waals surface area contributed by atoms with Gasteiger partial charge in [0.15, 0.2) is 0 Å². The summed E-state index contributed by atoms with van der Waals surface area (Å²) in [4.78, 5) is 28.6. The number of nitrogens with zero attached hydrogens (tertiary/aromatic N) is 1. The van der Waals surface area contributed by atoms with Gasteiger partial charge in [-0.15, -0.1) is 0 Å². The topological polar surface area (TPSA) is 71.1 Å². The lowest BCUT2D eigenvalue weighted by Gasteiger charge is -2.10. The van der Waals surface area contributed by atoms with Crippen LogP contribution in [0.4, 0.5) is 4.39 Å². The third kappa shape index (κ3) is 3.26. The Morgan fingerprint density at radius 1 is 0.958 bits per heavy atom. The smallest absolute Gasteiger partial charge is 0.267 e. The maximum absolute atomic E-state index is 13.3. The number of benzene rings is 2. The molecule has 5 nitrogen and oxygen atoms in total. The van der Waals surface area contributed by atoms with Crippen molar-refractivity contribution in [2.45, 2.75) is 0 Å². The first-order chi connectivity index (χ1) is 11.6. The summed E-state index contributed by atoms with van der Waals surface area (Å²) in [7, 11) is 0. The van der Waals surface area contributed by atoms with Crippen LogP contribution >= 0.6 is 15.9 Å². The molecule has 2 amide bonds. The molecular formula is C17H11BrFN3O2. The van der Waals surface area contributed by atoms with Crippen LogP contribution in [0.5, 0.6) is 0 Å². The average Bonchev–Trinajstić information content (AvgIpc) is 2.61. The highest BCUT2D eigenvalue weighted by Crippen LogP contribution is 2.18. The number of halogens is 2. The van der Waals surface area contributed by atoms with Crippen LogP contribution in [-0.2, 0) is 0 Å². The van der Waals surface area contributed by atoms with Crippen LogP contribution in [0, 0.1) is 5.82 Å². The maximum Gasteiger partial charge on any atom is 0.270 e. The Morgan fingerprint density at radius 2 is 1.67 bits per heavy atom. The number of carbonyl (C=O) groups excluding carboxylic acids is 2. The molecule has 0 aliphatic rings. The second kappa shape index (κ2) is 6.76. The van der Waals surface area contributed by atoms with Crippen LogP contribution in [0.3, 0.4) is 0 Å². The number of hydrogen-bond donors (Lipinski definition) is 2. The number of rotatable bonds is 2. The zero-order chi connectivity index (χ0) is 17.1. The van der Waals surface area contributed by atoms with Gasteiger partial charge in [0.1, 0.15) is 5.82 Å². The van der Waals surface area contributed by atoms with Crippen molar-refractivity contribution in [3.05, 3.63) is 76.1 Å². The van der Waals surface area contributed by atoms with E-state index in [1.54, 1.807) is 24.3 Å². The fourth-order valence-corrected chi connectivity index (χ4v) is 2.64. The molecule has 0 saturated carbocycles.